The van der Waals surface area contributed by atoms with Crippen molar-refractivity contribution in [3.8, 4) is 0 Å². The highest BCUT2D eigenvalue weighted by Crippen LogP contribution is 2.37. The molecule has 0 aliphatic rings. The fourth-order valence-electron chi connectivity index (χ4n) is 3.87. The van der Waals surface area contributed by atoms with Crippen molar-refractivity contribution in [2.24, 2.45) is 0 Å². The molecule has 0 aliphatic carbocycles. The first-order valence-corrected chi connectivity index (χ1v) is 12.0. The first kappa shape index (κ1) is 23.7. The van der Waals surface area contributed by atoms with E-state index in [1.54, 1.807) is 0 Å². The van der Waals surface area contributed by atoms with Crippen LogP contribution < -0.4 is 5.32 Å². The van der Waals surface area contributed by atoms with Gasteiger partial charge in [0.2, 0.25) is 0 Å². The van der Waals surface area contributed by atoms with Crippen LogP contribution in [0.1, 0.15) is 23.6 Å². The normalized spacial score (nSPS) is 13.8. The van der Waals surface area contributed by atoms with Gasteiger partial charge >= 0.3 is 5.97 Å². The second kappa shape index (κ2) is 10.1. The van der Waals surface area contributed by atoms with E-state index in [-0.39, 0.29) is 0 Å². The lowest BCUT2D eigenvalue weighted by Gasteiger charge is -2.40. The largest absolute Gasteiger partial charge is 0.468 e. The predicted octanol–water partition coefficient (Wildman–Crippen LogP) is 3.47. The maximum atomic E-state index is 12.9. The third-order valence-electron chi connectivity index (χ3n) is 5.24. The molecular formula is C25H27NO5S. The number of ether oxygens (including phenoxy) is 1. The minimum atomic E-state index is -3.81. The fraction of sp³-hybridized carbons (Fsp3) is 0.240. The quantitative estimate of drug-likeness (QED) is 0.304. The lowest BCUT2D eigenvalue weighted by Crippen LogP contribution is -2.57. The Morgan fingerprint density at radius 2 is 1.19 bits per heavy atom. The zero-order valence-corrected chi connectivity index (χ0v) is 19.1. The van der Waals surface area contributed by atoms with Crippen molar-refractivity contribution >= 4 is 16.1 Å². The molecule has 2 atom stereocenters. The molecule has 0 radical (unpaired) electrons. The molecule has 0 aliphatic heterocycles. The Balaban J connectivity index is 2.26. The predicted molar refractivity (Wildman–Crippen MR) is 124 cm³/mol. The van der Waals surface area contributed by atoms with Crippen LogP contribution in [-0.2, 0) is 29.4 Å². The van der Waals surface area contributed by atoms with Crippen molar-refractivity contribution in [1.29, 1.82) is 0 Å². The van der Waals surface area contributed by atoms with E-state index >= 15 is 0 Å². The number of rotatable bonds is 9. The zero-order valence-electron chi connectivity index (χ0n) is 18.3. The molecule has 6 nitrogen and oxygen atoms in total. The van der Waals surface area contributed by atoms with Crippen LogP contribution in [0.15, 0.2) is 91.0 Å². The number of benzene rings is 3. The molecule has 0 saturated carbocycles. The summed E-state index contributed by atoms with van der Waals surface area (Å²) in [5.41, 5.74) is 1.63. The van der Waals surface area contributed by atoms with Gasteiger partial charge in [-0.1, -0.05) is 91.0 Å². The van der Waals surface area contributed by atoms with Crippen molar-refractivity contribution < 1.29 is 22.1 Å². The minimum Gasteiger partial charge on any atom is -0.468 e. The Morgan fingerprint density at radius 1 is 0.812 bits per heavy atom. The average Bonchev–Trinajstić information content (AvgIpc) is 2.80. The van der Waals surface area contributed by atoms with E-state index in [1.807, 2.05) is 91.0 Å². The zero-order chi connectivity index (χ0) is 23.2. The van der Waals surface area contributed by atoms with Crippen molar-refractivity contribution in [2.45, 2.75) is 24.6 Å². The Kier molecular flexibility index (Phi) is 7.45. The van der Waals surface area contributed by atoms with Crippen molar-refractivity contribution in [3.63, 3.8) is 0 Å². The molecule has 32 heavy (non-hydrogen) atoms. The molecule has 1 N–H and O–H groups in total. The standard InChI is InChI=1S/C25H27NO5S/c1-19(31-32(3,28)29)23(24(27)30-2)26-25(20-13-7-4-8-14-20,21-15-9-5-10-16-21)22-17-11-6-12-18-22/h4-19,23,26H,1-3H3. The van der Waals surface area contributed by atoms with Gasteiger partial charge in [0.05, 0.1) is 18.9 Å². The van der Waals surface area contributed by atoms with Gasteiger partial charge in [0.25, 0.3) is 10.1 Å². The van der Waals surface area contributed by atoms with Gasteiger partial charge in [-0.25, -0.2) is 0 Å². The number of hydrogen-bond acceptors (Lipinski definition) is 6. The Bertz CT molecular complexity index is 1020. The van der Waals surface area contributed by atoms with Gasteiger partial charge in [0.15, 0.2) is 0 Å². The van der Waals surface area contributed by atoms with Crippen LogP contribution in [0.25, 0.3) is 0 Å². The molecule has 3 rings (SSSR count). The maximum absolute atomic E-state index is 12.9. The minimum absolute atomic E-state index is 0.631. The smallest absolute Gasteiger partial charge is 0.325 e. The third-order valence-corrected chi connectivity index (χ3v) is 5.90. The lowest BCUT2D eigenvalue weighted by molar-refractivity contribution is -0.145. The number of methoxy groups -OCH3 is 1. The van der Waals surface area contributed by atoms with Gasteiger partial charge in [-0.05, 0) is 23.6 Å². The number of nitrogens with one attached hydrogen (secondary N) is 1. The molecule has 0 heterocycles. The molecule has 168 valence electrons. The van der Waals surface area contributed by atoms with E-state index in [1.165, 1.54) is 14.0 Å². The van der Waals surface area contributed by atoms with Gasteiger partial charge in [0.1, 0.15) is 12.1 Å². The second-order valence-electron chi connectivity index (χ2n) is 7.50. The third kappa shape index (κ3) is 5.24. The van der Waals surface area contributed by atoms with Crippen molar-refractivity contribution in [1.82, 2.24) is 5.32 Å². The molecule has 3 aromatic carbocycles. The van der Waals surface area contributed by atoms with Crippen molar-refractivity contribution in [2.75, 3.05) is 13.4 Å². The Hall–Kier alpha value is -3.00. The van der Waals surface area contributed by atoms with Crippen LogP contribution >= 0.6 is 0 Å². The molecule has 0 saturated heterocycles. The summed E-state index contributed by atoms with van der Waals surface area (Å²) in [5.74, 6) is -0.631. The summed E-state index contributed by atoms with van der Waals surface area (Å²) in [4.78, 5) is 12.9. The van der Waals surface area contributed by atoms with Crippen LogP contribution in [0.5, 0.6) is 0 Å². The van der Waals surface area contributed by atoms with E-state index in [9.17, 15) is 13.2 Å². The Morgan fingerprint density at radius 3 is 1.50 bits per heavy atom. The topological polar surface area (TPSA) is 81.7 Å². The molecule has 2 unspecified atom stereocenters. The SMILES string of the molecule is COC(=O)C(NC(c1ccccc1)(c1ccccc1)c1ccccc1)C(C)OS(C)(=O)=O. The summed E-state index contributed by atoms with van der Waals surface area (Å²) in [5, 5.41) is 3.43. The lowest BCUT2D eigenvalue weighted by atomic mass is 9.76. The fourth-order valence-corrected chi connectivity index (χ4v) is 4.54. The van der Waals surface area contributed by atoms with Crippen LogP contribution in [0, 0.1) is 0 Å². The van der Waals surface area contributed by atoms with Crippen LogP contribution in [0.3, 0.4) is 0 Å². The molecule has 0 aromatic heterocycles. The van der Waals surface area contributed by atoms with Gasteiger partial charge in [0, 0.05) is 0 Å². The molecule has 3 aromatic rings. The molecule has 0 spiro atoms. The molecule has 0 bridgehead atoms. The highest BCUT2D eigenvalue weighted by Gasteiger charge is 2.42. The van der Waals surface area contributed by atoms with Crippen LogP contribution in [-0.4, -0.2) is 39.9 Å². The maximum Gasteiger partial charge on any atom is 0.325 e. The summed E-state index contributed by atoms with van der Waals surface area (Å²) >= 11 is 0. The number of hydrogen-bond donors (Lipinski definition) is 1. The van der Waals surface area contributed by atoms with Crippen molar-refractivity contribution in [3.05, 3.63) is 108 Å². The molecule has 0 fully saturated rings. The van der Waals surface area contributed by atoms with E-state index in [0.717, 1.165) is 22.9 Å². The number of carbonyl (C=O) groups excluding carboxylic acids is 1. The van der Waals surface area contributed by atoms with Gasteiger partial charge in [-0.15, -0.1) is 0 Å². The molecule has 0 amide bonds. The summed E-state index contributed by atoms with van der Waals surface area (Å²) < 4.78 is 33.9. The highest BCUT2D eigenvalue weighted by molar-refractivity contribution is 7.86. The monoisotopic (exact) mass is 453 g/mol. The molecular weight excluding hydrogens is 426 g/mol. The first-order chi connectivity index (χ1) is 15.3. The van der Waals surface area contributed by atoms with Gasteiger partial charge in [-0.3, -0.25) is 14.3 Å². The first-order valence-electron chi connectivity index (χ1n) is 10.2. The summed E-state index contributed by atoms with van der Waals surface area (Å²) in [6.07, 6.45) is -0.0654. The Labute approximate surface area is 189 Å². The van der Waals surface area contributed by atoms with Gasteiger partial charge < -0.3 is 4.74 Å². The van der Waals surface area contributed by atoms with Gasteiger partial charge in [-0.2, -0.15) is 8.42 Å². The summed E-state index contributed by atoms with van der Waals surface area (Å²) in [6.45, 7) is 1.53. The van der Waals surface area contributed by atoms with E-state index < -0.39 is 33.8 Å². The number of esters is 1. The van der Waals surface area contributed by atoms with E-state index in [4.69, 9.17) is 8.92 Å². The highest BCUT2D eigenvalue weighted by atomic mass is 32.2. The second-order valence-corrected chi connectivity index (χ2v) is 9.10. The summed E-state index contributed by atoms with van der Waals surface area (Å²) in [7, 11) is -2.54. The van der Waals surface area contributed by atoms with Crippen LogP contribution in [0.4, 0.5) is 0 Å². The number of carbonyl (C=O) groups is 1. The van der Waals surface area contributed by atoms with Crippen LogP contribution in [0.2, 0.25) is 0 Å². The van der Waals surface area contributed by atoms with E-state index in [2.05, 4.69) is 5.32 Å². The van der Waals surface area contributed by atoms with E-state index in [0.29, 0.717) is 0 Å². The average molecular weight is 454 g/mol. The summed E-state index contributed by atoms with van der Waals surface area (Å²) in [6, 6.07) is 27.9. The molecule has 7 heteroatoms.